The molecule has 3 aromatic carbocycles. The van der Waals surface area contributed by atoms with Gasteiger partial charge in [0.2, 0.25) is 0 Å². The molecule has 5 aromatic rings. The van der Waals surface area contributed by atoms with Crippen LogP contribution in [0.3, 0.4) is 0 Å². The summed E-state index contributed by atoms with van der Waals surface area (Å²) in [6, 6.07) is 24.9. The summed E-state index contributed by atoms with van der Waals surface area (Å²) in [6.07, 6.45) is 0. The second-order valence-corrected chi connectivity index (χ2v) is 8.37. The summed E-state index contributed by atoms with van der Waals surface area (Å²) in [7, 11) is 0. The van der Waals surface area contributed by atoms with Crippen molar-refractivity contribution in [2.75, 3.05) is 11.9 Å². The van der Waals surface area contributed by atoms with Gasteiger partial charge in [0.15, 0.2) is 6.61 Å². The molecule has 0 bridgehead atoms. The summed E-state index contributed by atoms with van der Waals surface area (Å²) in [6.45, 7) is -0.508. The normalized spacial score (nSPS) is 10.8. The average Bonchev–Trinajstić information content (AvgIpc) is 3.46. The Labute approximate surface area is 197 Å². The van der Waals surface area contributed by atoms with Gasteiger partial charge in [-0.2, -0.15) is 0 Å². The molecule has 8 nitrogen and oxygen atoms in total. The third kappa shape index (κ3) is 4.37. The minimum absolute atomic E-state index is 0.199. The Balaban J connectivity index is 1.27. The van der Waals surface area contributed by atoms with Gasteiger partial charge in [0.25, 0.3) is 11.5 Å². The molecule has 9 heteroatoms. The standard InChI is InChI=1S/C25H18N4O4S/c30-22(27-21-14-23(31)29(28-21)16-8-2-1-3-9-16)15-33-25(32)18-11-5-4-10-17(18)24-26-19-12-6-7-13-20(19)34-24/h1-14,28H,15H2,(H,27,30). The van der Waals surface area contributed by atoms with Crippen molar-refractivity contribution in [1.29, 1.82) is 0 Å². The van der Waals surface area contributed by atoms with Crippen molar-refractivity contribution in [2.24, 2.45) is 0 Å². The Morgan fingerprint density at radius 1 is 0.971 bits per heavy atom. The van der Waals surface area contributed by atoms with Crippen LogP contribution in [0.5, 0.6) is 0 Å². The van der Waals surface area contributed by atoms with Crippen LogP contribution < -0.4 is 10.9 Å². The van der Waals surface area contributed by atoms with Gasteiger partial charge in [0.05, 0.1) is 21.5 Å². The zero-order valence-corrected chi connectivity index (χ0v) is 18.5. The minimum atomic E-state index is -0.639. The third-order valence-electron chi connectivity index (χ3n) is 5.01. The lowest BCUT2D eigenvalue weighted by atomic mass is 10.1. The van der Waals surface area contributed by atoms with Crippen molar-refractivity contribution in [2.45, 2.75) is 0 Å². The molecular weight excluding hydrogens is 452 g/mol. The van der Waals surface area contributed by atoms with Crippen molar-refractivity contribution in [1.82, 2.24) is 14.8 Å². The molecule has 2 aromatic heterocycles. The van der Waals surface area contributed by atoms with Gasteiger partial charge in [-0.3, -0.25) is 14.7 Å². The van der Waals surface area contributed by atoms with E-state index < -0.39 is 18.5 Å². The second-order valence-electron chi connectivity index (χ2n) is 7.34. The SMILES string of the molecule is O=C(COC(=O)c1ccccc1-c1nc2ccccc2s1)Nc1cc(=O)n(-c2ccccc2)[nH]1. The maximum Gasteiger partial charge on any atom is 0.339 e. The van der Waals surface area contributed by atoms with Crippen LogP contribution in [-0.2, 0) is 9.53 Å². The second kappa shape index (κ2) is 9.16. The molecule has 2 N–H and O–H groups in total. The highest BCUT2D eigenvalue weighted by Crippen LogP contribution is 2.32. The van der Waals surface area contributed by atoms with Gasteiger partial charge in [-0.05, 0) is 30.3 Å². The molecule has 0 saturated heterocycles. The molecule has 34 heavy (non-hydrogen) atoms. The molecule has 0 unspecified atom stereocenters. The van der Waals surface area contributed by atoms with Crippen molar-refractivity contribution in [3.05, 3.63) is 101 Å². The first kappa shape index (κ1) is 21.4. The molecular formula is C25H18N4O4S. The first-order valence-electron chi connectivity index (χ1n) is 10.4. The van der Waals surface area contributed by atoms with Crippen LogP contribution in [0.1, 0.15) is 10.4 Å². The van der Waals surface area contributed by atoms with Gasteiger partial charge in [0.1, 0.15) is 10.8 Å². The number of nitrogens with zero attached hydrogens (tertiary/aromatic N) is 2. The molecule has 1 amide bonds. The van der Waals surface area contributed by atoms with Gasteiger partial charge >= 0.3 is 5.97 Å². The summed E-state index contributed by atoms with van der Waals surface area (Å²) in [5.41, 5.74) is 2.10. The van der Waals surface area contributed by atoms with E-state index in [-0.39, 0.29) is 11.4 Å². The van der Waals surface area contributed by atoms with E-state index >= 15 is 0 Å². The number of hydrogen-bond acceptors (Lipinski definition) is 6. The van der Waals surface area contributed by atoms with Gasteiger partial charge in [-0.25, -0.2) is 14.5 Å². The number of rotatable bonds is 6. The summed E-state index contributed by atoms with van der Waals surface area (Å²) in [4.78, 5) is 41.9. The number of H-pyrrole nitrogens is 1. The van der Waals surface area contributed by atoms with Crippen LogP contribution in [0.15, 0.2) is 89.7 Å². The number of thiazole rings is 1. The van der Waals surface area contributed by atoms with E-state index in [2.05, 4.69) is 15.4 Å². The first-order valence-corrected chi connectivity index (χ1v) is 11.2. The van der Waals surface area contributed by atoms with E-state index in [4.69, 9.17) is 4.74 Å². The van der Waals surface area contributed by atoms with Crippen LogP contribution in [0.4, 0.5) is 5.82 Å². The molecule has 0 fully saturated rings. The molecule has 168 valence electrons. The van der Waals surface area contributed by atoms with Gasteiger partial charge in [-0.1, -0.05) is 48.5 Å². The van der Waals surface area contributed by atoms with Crippen molar-refractivity contribution >= 4 is 39.2 Å². The maximum absolute atomic E-state index is 12.8. The van der Waals surface area contributed by atoms with E-state index in [1.807, 2.05) is 36.4 Å². The van der Waals surface area contributed by atoms with Gasteiger partial charge in [0, 0.05) is 11.6 Å². The van der Waals surface area contributed by atoms with Crippen LogP contribution >= 0.6 is 11.3 Å². The number of aromatic amines is 1. The summed E-state index contributed by atoms with van der Waals surface area (Å²) in [5, 5.41) is 6.05. The minimum Gasteiger partial charge on any atom is -0.452 e. The van der Waals surface area contributed by atoms with Gasteiger partial charge < -0.3 is 10.1 Å². The number of carbonyl (C=O) groups excluding carboxylic acids is 2. The number of esters is 1. The molecule has 0 aliphatic carbocycles. The van der Waals surface area contributed by atoms with E-state index in [0.717, 1.165) is 10.2 Å². The van der Waals surface area contributed by atoms with Crippen LogP contribution in [0.2, 0.25) is 0 Å². The van der Waals surface area contributed by atoms with E-state index in [1.54, 1.807) is 42.5 Å². The van der Waals surface area contributed by atoms with E-state index in [0.29, 0.717) is 21.8 Å². The summed E-state index contributed by atoms with van der Waals surface area (Å²) in [5.74, 6) is -1.02. The Hall–Kier alpha value is -4.50. The number of fused-ring (bicyclic) bond motifs is 1. The number of benzene rings is 3. The number of nitrogens with one attached hydrogen (secondary N) is 2. The molecule has 5 rings (SSSR count). The maximum atomic E-state index is 12.8. The molecule has 0 saturated carbocycles. The predicted octanol–water partition coefficient (Wildman–Crippen LogP) is 4.24. The van der Waals surface area contributed by atoms with Crippen LogP contribution in [-0.4, -0.2) is 33.2 Å². The summed E-state index contributed by atoms with van der Waals surface area (Å²) >= 11 is 1.48. The predicted molar refractivity (Wildman–Crippen MR) is 130 cm³/mol. The fourth-order valence-corrected chi connectivity index (χ4v) is 4.46. The monoisotopic (exact) mass is 470 g/mol. The smallest absolute Gasteiger partial charge is 0.339 e. The van der Waals surface area contributed by atoms with Crippen molar-refractivity contribution in [3.63, 3.8) is 0 Å². The fourth-order valence-electron chi connectivity index (χ4n) is 3.46. The largest absolute Gasteiger partial charge is 0.452 e. The zero-order chi connectivity index (χ0) is 23.5. The topological polar surface area (TPSA) is 106 Å². The zero-order valence-electron chi connectivity index (χ0n) is 17.7. The Morgan fingerprint density at radius 2 is 1.71 bits per heavy atom. The number of hydrogen-bond donors (Lipinski definition) is 2. The Bertz CT molecular complexity index is 1520. The molecule has 0 radical (unpaired) electrons. The third-order valence-corrected chi connectivity index (χ3v) is 6.08. The number of carbonyl (C=O) groups is 2. The Morgan fingerprint density at radius 3 is 2.53 bits per heavy atom. The number of ether oxygens (including phenoxy) is 1. The number of amides is 1. The molecule has 0 aliphatic heterocycles. The van der Waals surface area contributed by atoms with E-state index in [9.17, 15) is 14.4 Å². The first-order chi connectivity index (χ1) is 16.6. The van der Waals surface area contributed by atoms with Crippen molar-refractivity contribution in [3.8, 4) is 16.3 Å². The fraction of sp³-hybridized carbons (Fsp3) is 0.0400. The Kier molecular flexibility index (Phi) is 5.75. The van der Waals surface area contributed by atoms with Crippen LogP contribution in [0.25, 0.3) is 26.5 Å². The quantitative estimate of drug-likeness (QED) is 0.361. The highest BCUT2D eigenvalue weighted by molar-refractivity contribution is 7.21. The van der Waals surface area contributed by atoms with Gasteiger partial charge in [-0.15, -0.1) is 11.3 Å². The average molecular weight is 471 g/mol. The summed E-state index contributed by atoms with van der Waals surface area (Å²) < 4.78 is 7.56. The van der Waals surface area contributed by atoms with Crippen LogP contribution in [0, 0.1) is 0 Å². The molecule has 0 aliphatic rings. The lowest BCUT2D eigenvalue weighted by Gasteiger charge is -2.08. The lowest BCUT2D eigenvalue weighted by molar-refractivity contribution is -0.119. The highest BCUT2D eigenvalue weighted by Gasteiger charge is 2.18. The van der Waals surface area contributed by atoms with Crippen molar-refractivity contribution < 1.29 is 14.3 Å². The molecule has 0 spiro atoms. The molecule has 0 atom stereocenters. The van der Waals surface area contributed by atoms with E-state index in [1.165, 1.54) is 22.1 Å². The number of para-hydroxylation sites is 2. The highest BCUT2D eigenvalue weighted by atomic mass is 32.1. The number of aromatic nitrogens is 3. The molecule has 2 heterocycles. The lowest BCUT2D eigenvalue weighted by Crippen LogP contribution is -2.21. The number of anilines is 1.